The van der Waals surface area contributed by atoms with E-state index in [4.69, 9.17) is 4.74 Å². The second kappa shape index (κ2) is 7.76. The smallest absolute Gasteiger partial charge is 0.165 e. The number of halogens is 1. The highest BCUT2D eigenvalue weighted by Crippen LogP contribution is 2.37. The molecule has 0 saturated carbocycles. The molecule has 0 amide bonds. The summed E-state index contributed by atoms with van der Waals surface area (Å²) in [5, 5.41) is 3.54. The van der Waals surface area contributed by atoms with Crippen LogP contribution in [0.2, 0.25) is 0 Å². The van der Waals surface area contributed by atoms with E-state index in [9.17, 15) is 4.39 Å². The lowest BCUT2D eigenvalue weighted by molar-refractivity contribution is 0.0887. The zero-order chi connectivity index (χ0) is 16.0. The van der Waals surface area contributed by atoms with Gasteiger partial charge in [-0.05, 0) is 51.2 Å². The van der Waals surface area contributed by atoms with Crippen LogP contribution in [0.3, 0.4) is 0 Å². The molecule has 0 aliphatic rings. The molecule has 0 spiro atoms. The fourth-order valence-corrected chi connectivity index (χ4v) is 3.23. The SMILES string of the molecule is CCNC(c1ccc(OC)c(F)c1)C(CC)(CC)N(C)C. The first-order chi connectivity index (χ1) is 9.96. The van der Waals surface area contributed by atoms with Gasteiger partial charge >= 0.3 is 0 Å². The summed E-state index contributed by atoms with van der Waals surface area (Å²) >= 11 is 0. The van der Waals surface area contributed by atoms with Crippen LogP contribution in [0.1, 0.15) is 45.2 Å². The predicted octanol–water partition coefficient (Wildman–Crippen LogP) is 3.61. The lowest BCUT2D eigenvalue weighted by Crippen LogP contribution is -2.53. The van der Waals surface area contributed by atoms with Gasteiger partial charge in [-0.2, -0.15) is 0 Å². The van der Waals surface area contributed by atoms with Crippen molar-refractivity contribution in [3.8, 4) is 5.75 Å². The Hall–Kier alpha value is -1.13. The van der Waals surface area contributed by atoms with Crippen LogP contribution in [0.15, 0.2) is 18.2 Å². The highest BCUT2D eigenvalue weighted by Gasteiger charge is 2.38. The lowest BCUT2D eigenvalue weighted by atomic mass is 9.79. The second-order valence-corrected chi connectivity index (χ2v) is 5.59. The number of likely N-dealkylation sites (N-methyl/N-ethyl adjacent to an activating group) is 2. The van der Waals surface area contributed by atoms with Crippen molar-refractivity contribution in [3.05, 3.63) is 29.6 Å². The summed E-state index contributed by atoms with van der Waals surface area (Å²) in [5.74, 6) is -0.0183. The van der Waals surface area contributed by atoms with Gasteiger partial charge in [0.15, 0.2) is 11.6 Å². The molecule has 1 aromatic rings. The number of ether oxygens (including phenoxy) is 1. The second-order valence-electron chi connectivity index (χ2n) is 5.59. The van der Waals surface area contributed by atoms with Gasteiger partial charge in [0.2, 0.25) is 0 Å². The molecule has 120 valence electrons. The number of benzene rings is 1. The maximum absolute atomic E-state index is 14.1. The normalized spacial score (nSPS) is 13.5. The number of methoxy groups -OCH3 is 1. The van der Waals surface area contributed by atoms with Gasteiger partial charge in [0.25, 0.3) is 0 Å². The number of nitrogens with zero attached hydrogens (tertiary/aromatic N) is 1. The minimum absolute atomic E-state index is 0.0446. The molecule has 0 aliphatic carbocycles. The molecule has 3 nitrogen and oxygen atoms in total. The van der Waals surface area contributed by atoms with Gasteiger partial charge in [0, 0.05) is 5.54 Å². The average molecular weight is 296 g/mol. The van der Waals surface area contributed by atoms with Crippen molar-refractivity contribution >= 4 is 0 Å². The van der Waals surface area contributed by atoms with Crippen LogP contribution in [-0.2, 0) is 0 Å². The van der Waals surface area contributed by atoms with Gasteiger partial charge in [0.1, 0.15) is 0 Å². The summed E-state index contributed by atoms with van der Waals surface area (Å²) in [6.07, 6.45) is 1.98. The monoisotopic (exact) mass is 296 g/mol. The third-order valence-corrected chi connectivity index (χ3v) is 4.57. The molecule has 1 atom stereocenters. The number of hydrogen-bond acceptors (Lipinski definition) is 3. The standard InChI is InChI=1S/C17H29FN2O/c1-7-17(8-2,20(4)5)16(19-9-3)13-10-11-15(21-6)14(18)12-13/h10-12,16,19H,7-9H2,1-6H3. The van der Waals surface area contributed by atoms with Crippen molar-refractivity contribution in [3.63, 3.8) is 0 Å². The minimum atomic E-state index is -0.308. The van der Waals surface area contributed by atoms with Crippen LogP contribution in [-0.4, -0.2) is 38.2 Å². The number of nitrogens with one attached hydrogen (secondary N) is 1. The lowest BCUT2D eigenvalue weighted by Gasteiger charge is -2.45. The molecule has 1 unspecified atom stereocenters. The summed E-state index contributed by atoms with van der Waals surface area (Å²) < 4.78 is 19.1. The summed E-state index contributed by atoms with van der Waals surface area (Å²) in [6.45, 7) is 7.30. The van der Waals surface area contributed by atoms with Crippen molar-refractivity contribution < 1.29 is 9.13 Å². The van der Waals surface area contributed by atoms with E-state index in [1.165, 1.54) is 7.11 Å². The molecular formula is C17H29FN2O. The predicted molar refractivity (Wildman–Crippen MR) is 86.4 cm³/mol. The Bertz CT molecular complexity index is 444. The van der Waals surface area contributed by atoms with Crippen molar-refractivity contribution in [2.45, 2.75) is 45.2 Å². The molecule has 1 rings (SSSR count). The highest BCUT2D eigenvalue weighted by atomic mass is 19.1. The van der Waals surface area contributed by atoms with Gasteiger partial charge < -0.3 is 15.0 Å². The van der Waals surface area contributed by atoms with E-state index >= 15 is 0 Å². The molecule has 0 saturated heterocycles. The molecule has 0 fully saturated rings. The van der Waals surface area contributed by atoms with E-state index < -0.39 is 0 Å². The van der Waals surface area contributed by atoms with Crippen LogP contribution >= 0.6 is 0 Å². The molecule has 1 N–H and O–H groups in total. The zero-order valence-electron chi connectivity index (χ0n) is 14.2. The molecule has 0 heterocycles. The van der Waals surface area contributed by atoms with E-state index in [0.717, 1.165) is 24.9 Å². The van der Waals surface area contributed by atoms with E-state index in [2.05, 4.69) is 45.1 Å². The van der Waals surface area contributed by atoms with Gasteiger partial charge in [-0.3, -0.25) is 0 Å². The molecule has 0 aliphatic heterocycles. The van der Waals surface area contributed by atoms with Gasteiger partial charge in [-0.25, -0.2) is 4.39 Å². The zero-order valence-corrected chi connectivity index (χ0v) is 14.2. The summed E-state index contributed by atoms with van der Waals surface area (Å²) in [6, 6.07) is 5.34. The first kappa shape index (κ1) is 17.9. The highest BCUT2D eigenvalue weighted by molar-refractivity contribution is 5.33. The van der Waals surface area contributed by atoms with Gasteiger partial charge in [0.05, 0.1) is 13.2 Å². The summed E-state index contributed by atoms with van der Waals surface area (Å²) in [5.41, 5.74) is 0.921. The first-order valence-electron chi connectivity index (χ1n) is 7.71. The fraction of sp³-hybridized carbons (Fsp3) is 0.647. The van der Waals surface area contributed by atoms with E-state index in [0.29, 0.717) is 0 Å². The third kappa shape index (κ3) is 3.55. The summed E-state index contributed by atoms with van der Waals surface area (Å²) in [4.78, 5) is 2.25. The Morgan fingerprint density at radius 1 is 1.24 bits per heavy atom. The van der Waals surface area contributed by atoms with E-state index in [1.807, 2.05) is 6.07 Å². The van der Waals surface area contributed by atoms with Crippen LogP contribution in [0, 0.1) is 5.82 Å². The molecule has 0 bridgehead atoms. The Kier molecular flexibility index (Phi) is 6.62. The van der Waals surface area contributed by atoms with E-state index in [1.54, 1.807) is 12.1 Å². The molecule has 0 aromatic heterocycles. The van der Waals surface area contributed by atoms with Gasteiger partial charge in [-0.1, -0.05) is 26.8 Å². The maximum atomic E-state index is 14.1. The average Bonchev–Trinajstić information content (AvgIpc) is 2.47. The maximum Gasteiger partial charge on any atom is 0.165 e. The Morgan fingerprint density at radius 2 is 1.86 bits per heavy atom. The van der Waals surface area contributed by atoms with Crippen LogP contribution in [0.5, 0.6) is 5.75 Å². The minimum Gasteiger partial charge on any atom is -0.494 e. The van der Waals surface area contributed by atoms with Gasteiger partial charge in [-0.15, -0.1) is 0 Å². The molecular weight excluding hydrogens is 267 g/mol. The van der Waals surface area contributed by atoms with Crippen molar-refractivity contribution in [2.24, 2.45) is 0 Å². The van der Waals surface area contributed by atoms with E-state index in [-0.39, 0.29) is 23.1 Å². The fourth-order valence-electron chi connectivity index (χ4n) is 3.23. The number of rotatable bonds is 8. The topological polar surface area (TPSA) is 24.5 Å². The molecule has 0 radical (unpaired) electrons. The Balaban J connectivity index is 3.30. The van der Waals surface area contributed by atoms with Crippen LogP contribution in [0.25, 0.3) is 0 Å². The van der Waals surface area contributed by atoms with Crippen LogP contribution < -0.4 is 10.1 Å². The first-order valence-corrected chi connectivity index (χ1v) is 7.71. The van der Waals surface area contributed by atoms with Crippen molar-refractivity contribution in [1.82, 2.24) is 10.2 Å². The van der Waals surface area contributed by atoms with Crippen LogP contribution in [0.4, 0.5) is 4.39 Å². The van der Waals surface area contributed by atoms with Crippen molar-refractivity contribution in [1.29, 1.82) is 0 Å². The molecule has 21 heavy (non-hydrogen) atoms. The number of hydrogen-bond donors (Lipinski definition) is 1. The molecule has 4 heteroatoms. The third-order valence-electron chi connectivity index (χ3n) is 4.57. The Labute approximate surface area is 128 Å². The largest absolute Gasteiger partial charge is 0.494 e. The molecule has 1 aromatic carbocycles. The quantitative estimate of drug-likeness (QED) is 0.793. The van der Waals surface area contributed by atoms with Crippen molar-refractivity contribution in [2.75, 3.05) is 27.7 Å². The summed E-state index contributed by atoms with van der Waals surface area (Å²) in [7, 11) is 5.68. The Morgan fingerprint density at radius 3 is 2.24 bits per heavy atom.